The number of ether oxygens (including phenoxy) is 1. The number of hydrogen-bond donors (Lipinski definition) is 1. The number of carbonyl (C=O) groups is 1. The lowest BCUT2D eigenvalue weighted by atomic mass is 10.2. The molecule has 0 spiro atoms. The van der Waals surface area contributed by atoms with E-state index in [9.17, 15) is 9.18 Å². The van der Waals surface area contributed by atoms with Crippen molar-refractivity contribution in [2.24, 2.45) is 0 Å². The summed E-state index contributed by atoms with van der Waals surface area (Å²) in [6.45, 7) is 0. The average molecular weight is 312 g/mol. The molecule has 0 aliphatic carbocycles. The largest absolute Gasteiger partial charge is 0.478 e. The van der Waals surface area contributed by atoms with Crippen molar-refractivity contribution in [2.45, 2.75) is 0 Å². The van der Waals surface area contributed by atoms with Gasteiger partial charge in [-0.3, -0.25) is 0 Å². The van der Waals surface area contributed by atoms with Crippen LogP contribution in [0.3, 0.4) is 0 Å². The average Bonchev–Trinajstić information content (AvgIpc) is 2.34. The molecule has 0 atom stereocenters. The fourth-order valence-electron chi connectivity index (χ4n) is 1.31. The maximum absolute atomic E-state index is 13.3. The van der Waals surface area contributed by atoms with Crippen LogP contribution >= 0.6 is 15.9 Å². The van der Waals surface area contributed by atoms with E-state index in [1.165, 1.54) is 30.5 Å². The molecule has 0 saturated heterocycles. The second kappa shape index (κ2) is 5.14. The predicted octanol–water partition coefficient (Wildman–Crippen LogP) is 3.47. The van der Waals surface area contributed by atoms with E-state index in [-0.39, 0.29) is 17.2 Å². The monoisotopic (exact) mass is 311 g/mol. The molecule has 0 radical (unpaired) electrons. The number of benzene rings is 1. The standard InChI is InChI=1S/C12H7BrFNO3/c13-7-3-4-10(8(6-7)12(16)17)18-11-9(14)2-1-5-15-11/h1-6H,(H,16,17). The number of hydrogen-bond acceptors (Lipinski definition) is 3. The van der Waals surface area contributed by atoms with Crippen molar-refractivity contribution in [2.75, 3.05) is 0 Å². The highest BCUT2D eigenvalue weighted by atomic mass is 79.9. The van der Waals surface area contributed by atoms with Crippen molar-refractivity contribution in [3.63, 3.8) is 0 Å². The molecule has 0 aliphatic heterocycles. The molecule has 18 heavy (non-hydrogen) atoms. The second-order valence-corrected chi connectivity index (χ2v) is 4.25. The predicted molar refractivity (Wildman–Crippen MR) is 65.4 cm³/mol. The third kappa shape index (κ3) is 2.65. The first-order valence-electron chi connectivity index (χ1n) is 4.89. The second-order valence-electron chi connectivity index (χ2n) is 3.34. The molecule has 0 unspecified atom stereocenters. The Morgan fingerprint density at radius 2 is 2.17 bits per heavy atom. The molecule has 6 heteroatoms. The van der Waals surface area contributed by atoms with Gasteiger partial charge in [-0.1, -0.05) is 15.9 Å². The molecule has 0 saturated carbocycles. The zero-order valence-corrected chi connectivity index (χ0v) is 10.5. The van der Waals surface area contributed by atoms with Gasteiger partial charge in [0.25, 0.3) is 5.88 Å². The first-order valence-corrected chi connectivity index (χ1v) is 5.68. The van der Waals surface area contributed by atoms with E-state index in [2.05, 4.69) is 20.9 Å². The van der Waals surface area contributed by atoms with Crippen LogP contribution in [-0.4, -0.2) is 16.1 Å². The minimum absolute atomic E-state index is 0.0308. The number of aromatic carboxylic acids is 1. The van der Waals surface area contributed by atoms with Crippen LogP contribution in [0.25, 0.3) is 0 Å². The normalized spacial score (nSPS) is 10.1. The molecule has 0 fully saturated rings. The Labute approximate surface area is 110 Å². The fraction of sp³-hybridized carbons (Fsp3) is 0. The van der Waals surface area contributed by atoms with Crippen LogP contribution in [0.5, 0.6) is 11.6 Å². The molecule has 0 amide bonds. The lowest BCUT2D eigenvalue weighted by Crippen LogP contribution is -2.01. The fourth-order valence-corrected chi connectivity index (χ4v) is 1.67. The molecule has 0 aliphatic rings. The van der Waals surface area contributed by atoms with Gasteiger partial charge < -0.3 is 9.84 Å². The number of carboxylic acid groups (broad SMARTS) is 1. The molecule has 4 nitrogen and oxygen atoms in total. The van der Waals surface area contributed by atoms with Crippen molar-refractivity contribution < 1.29 is 19.0 Å². The maximum atomic E-state index is 13.3. The summed E-state index contributed by atoms with van der Waals surface area (Å²) in [6.07, 6.45) is 1.36. The van der Waals surface area contributed by atoms with Crippen LogP contribution in [0.15, 0.2) is 41.0 Å². The summed E-state index contributed by atoms with van der Waals surface area (Å²) in [7, 11) is 0. The molecule has 1 aromatic carbocycles. The van der Waals surface area contributed by atoms with Gasteiger partial charge in [-0.05, 0) is 30.3 Å². The van der Waals surface area contributed by atoms with E-state index in [0.29, 0.717) is 4.47 Å². The lowest BCUT2D eigenvalue weighted by molar-refractivity contribution is 0.0694. The van der Waals surface area contributed by atoms with Gasteiger partial charge in [0.05, 0.1) is 0 Å². The highest BCUT2D eigenvalue weighted by Gasteiger charge is 2.14. The van der Waals surface area contributed by atoms with Gasteiger partial charge in [0.15, 0.2) is 5.82 Å². The number of halogens is 2. The molecule has 0 bridgehead atoms. The van der Waals surface area contributed by atoms with E-state index in [0.717, 1.165) is 0 Å². The quantitative estimate of drug-likeness (QED) is 0.943. The minimum atomic E-state index is -1.16. The van der Waals surface area contributed by atoms with Crippen molar-refractivity contribution in [1.82, 2.24) is 4.98 Å². The smallest absolute Gasteiger partial charge is 0.339 e. The van der Waals surface area contributed by atoms with Gasteiger partial charge in [-0.25, -0.2) is 14.2 Å². The molecule has 2 rings (SSSR count). The van der Waals surface area contributed by atoms with Crippen molar-refractivity contribution in [3.8, 4) is 11.6 Å². The third-order valence-electron chi connectivity index (χ3n) is 2.10. The Balaban J connectivity index is 2.41. The topological polar surface area (TPSA) is 59.4 Å². The summed E-state index contributed by atoms with van der Waals surface area (Å²) in [5, 5.41) is 9.02. The van der Waals surface area contributed by atoms with Crippen LogP contribution < -0.4 is 4.74 Å². The minimum Gasteiger partial charge on any atom is -0.478 e. The zero-order chi connectivity index (χ0) is 13.1. The van der Waals surface area contributed by atoms with Crippen LogP contribution in [0.4, 0.5) is 4.39 Å². The summed E-state index contributed by atoms with van der Waals surface area (Å²) in [5.41, 5.74) is -0.0746. The van der Waals surface area contributed by atoms with E-state index < -0.39 is 11.8 Å². The summed E-state index contributed by atoms with van der Waals surface area (Å²) in [5.74, 6) is -2.05. The van der Waals surface area contributed by atoms with Gasteiger partial charge in [-0.2, -0.15) is 0 Å². The van der Waals surface area contributed by atoms with Gasteiger partial charge >= 0.3 is 5.97 Å². The first kappa shape index (κ1) is 12.5. The maximum Gasteiger partial charge on any atom is 0.339 e. The molecule has 92 valence electrons. The number of pyridine rings is 1. The molecular weight excluding hydrogens is 305 g/mol. The van der Waals surface area contributed by atoms with Gasteiger partial charge in [0.1, 0.15) is 11.3 Å². The number of rotatable bonds is 3. The summed E-state index contributed by atoms with van der Waals surface area (Å²) < 4.78 is 19.1. The SMILES string of the molecule is O=C(O)c1cc(Br)ccc1Oc1ncccc1F. The van der Waals surface area contributed by atoms with Crippen LogP contribution in [0, 0.1) is 5.82 Å². The lowest BCUT2D eigenvalue weighted by Gasteiger charge is -2.08. The molecule has 2 aromatic rings. The van der Waals surface area contributed by atoms with Gasteiger partial charge in [0, 0.05) is 10.7 Å². The molecule has 1 heterocycles. The van der Waals surface area contributed by atoms with Crippen molar-refractivity contribution >= 4 is 21.9 Å². The van der Waals surface area contributed by atoms with Crippen molar-refractivity contribution in [1.29, 1.82) is 0 Å². The highest BCUT2D eigenvalue weighted by molar-refractivity contribution is 9.10. The molecular formula is C12H7BrFNO3. The molecule has 1 aromatic heterocycles. The van der Waals surface area contributed by atoms with E-state index in [1.54, 1.807) is 6.07 Å². The van der Waals surface area contributed by atoms with E-state index in [1.807, 2.05) is 0 Å². The number of carboxylic acids is 1. The highest BCUT2D eigenvalue weighted by Crippen LogP contribution is 2.28. The number of aromatic nitrogens is 1. The Morgan fingerprint density at radius 1 is 1.39 bits per heavy atom. The van der Waals surface area contributed by atoms with Gasteiger partial charge in [-0.15, -0.1) is 0 Å². The van der Waals surface area contributed by atoms with Crippen LogP contribution in [0.2, 0.25) is 0 Å². The molecule has 1 N–H and O–H groups in total. The summed E-state index contributed by atoms with van der Waals surface area (Å²) >= 11 is 3.16. The zero-order valence-electron chi connectivity index (χ0n) is 8.93. The Bertz CT molecular complexity index is 604. The Kier molecular flexibility index (Phi) is 3.57. The summed E-state index contributed by atoms with van der Waals surface area (Å²) in [6, 6.07) is 7.01. The third-order valence-corrected chi connectivity index (χ3v) is 2.60. The Hall–Kier alpha value is -1.95. The number of nitrogens with zero attached hydrogens (tertiary/aromatic N) is 1. The van der Waals surface area contributed by atoms with Crippen molar-refractivity contribution in [3.05, 3.63) is 52.4 Å². The van der Waals surface area contributed by atoms with E-state index >= 15 is 0 Å². The van der Waals surface area contributed by atoms with Crippen LogP contribution in [-0.2, 0) is 0 Å². The van der Waals surface area contributed by atoms with Gasteiger partial charge in [0.2, 0.25) is 0 Å². The van der Waals surface area contributed by atoms with Crippen LogP contribution in [0.1, 0.15) is 10.4 Å². The Morgan fingerprint density at radius 3 is 2.83 bits per heavy atom. The van der Waals surface area contributed by atoms with E-state index in [4.69, 9.17) is 9.84 Å². The first-order chi connectivity index (χ1) is 8.58. The summed E-state index contributed by atoms with van der Waals surface area (Å²) in [4.78, 5) is 14.7.